The fourth-order valence-electron chi connectivity index (χ4n) is 1.71. The minimum Gasteiger partial charge on any atom is -0.197 e. The van der Waals surface area contributed by atoms with E-state index < -0.39 is 5.66 Å². The van der Waals surface area contributed by atoms with Crippen molar-refractivity contribution in [1.82, 2.24) is 0 Å². The molecule has 0 nitrogen and oxygen atoms in total. The zero-order valence-electron chi connectivity index (χ0n) is 10.1. The number of aryl methyl sites for hydroxylation is 1. The summed E-state index contributed by atoms with van der Waals surface area (Å²) in [4.78, 5) is 0. The molecule has 0 aromatic heterocycles. The lowest BCUT2D eigenvalue weighted by Gasteiger charge is -2.16. The van der Waals surface area contributed by atoms with Crippen LogP contribution in [0.1, 0.15) is 49.3 Å². The first-order chi connectivity index (χ1) is 7.48. The van der Waals surface area contributed by atoms with Gasteiger partial charge in [-0.25, -0.2) is 0 Å². The van der Waals surface area contributed by atoms with Crippen molar-refractivity contribution in [3.05, 3.63) is 34.9 Å². The third-order valence-electron chi connectivity index (χ3n) is 2.59. The molecular formula is C13H19F2P. The topological polar surface area (TPSA) is 0 Å². The van der Waals surface area contributed by atoms with Gasteiger partial charge in [0.1, 0.15) is 0 Å². The Hall–Kier alpha value is -0.490. The first-order valence-electron chi connectivity index (χ1n) is 5.76. The van der Waals surface area contributed by atoms with Crippen molar-refractivity contribution < 1.29 is 8.78 Å². The van der Waals surface area contributed by atoms with Crippen molar-refractivity contribution >= 4 is 9.24 Å². The summed E-state index contributed by atoms with van der Waals surface area (Å²) in [6, 6.07) is 5.36. The fraction of sp³-hybridized carbons (Fsp3) is 0.538. The zero-order chi connectivity index (χ0) is 12.3. The lowest BCUT2D eigenvalue weighted by atomic mass is 10.0. The van der Waals surface area contributed by atoms with Crippen LogP contribution < -0.4 is 0 Å². The Labute approximate surface area is 98.6 Å². The number of hydrogen-bond donors (Lipinski definition) is 0. The number of alkyl halides is 2. The predicted octanol–water partition coefficient (Wildman–Crippen LogP) is 4.82. The fourth-order valence-corrected chi connectivity index (χ4v) is 1.96. The van der Waals surface area contributed by atoms with Crippen LogP contribution in [-0.2, 0) is 5.66 Å². The molecule has 1 aliphatic rings. The molecule has 1 fully saturated rings. The second-order valence-electron chi connectivity index (χ2n) is 3.99. The Morgan fingerprint density at radius 2 is 1.81 bits per heavy atom. The number of rotatable bonds is 2. The second-order valence-corrected chi connectivity index (χ2v) is 4.71. The first kappa shape index (κ1) is 13.6. The van der Waals surface area contributed by atoms with E-state index in [0.29, 0.717) is 5.92 Å². The minimum absolute atomic E-state index is 0.185. The summed E-state index contributed by atoms with van der Waals surface area (Å²) in [5.74, 6) is 0.372. The van der Waals surface area contributed by atoms with Gasteiger partial charge in [0.15, 0.2) is 0 Å². The van der Waals surface area contributed by atoms with Crippen LogP contribution in [-0.4, -0.2) is 0 Å². The van der Waals surface area contributed by atoms with Gasteiger partial charge in [0.2, 0.25) is 0 Å². The first-order valence-corrected chi connectivity index (χ1v) is 6.34. The minimum atomic E-state index is -2.79. The average molecular weight is 244 g/mol. The van der Waals surface area contributed by atoms with Crippen molar-refractivity contribution in [2.75, 3.05) is 0 Å². The standard InChI is InChI=1S/C11H13F2P.C2H6/c1-7-2-5-9(8-3-4-8)10(6-7)11(12,13)14;1-2/h2,5-6,8H,3-4,14H2,1H3;1-2H3. The Balaban J connectivity index is 0.000000606. The molecule has 3 heteroatoms. The van der Waals surface area contributed by atoms with Crippen LogP contribution in [0.3, 0.4) is 0 Å². The average Bonchev–Trinajstić information content (AvgIpc) is 3.03. The van der Waals surface area contributed by atoms with Gasteiger partial charge in [-0.2, -0.15) is 8.78 Å². The molecule has 1 aliphatic carbocycles. The highest BCUT2D eigenvalue weighted by atomic mass is 31.0. The van der Waals surface area contributed by atoms with E-state index in [-0.39, 0.29) is 5.56 Å². The summed E-state index contributed by atoms with van der Waals surface area (Å²) in [5.41, 5.74) is -0.878. The van der Waals surface area contributed by atoms with Crippen molar-refractivity contribution in [3.63, 3.8) is 0 Å². The summed E-state index contributed by atoms with van der Waals surface area (Å²) in [7, 11) is 1.63. The van der Waals surface area contributed by atoms with Gasteiger partial charge in [-0.15, -0.1) is 0 Å². The Kier molecular flexibility index (Phi) is 4.43. The summed E-state index contributed by atoms with van der Waals surface area (Å²) >= 11 is 0. The van der Waals surface area contributed by atoms with Crippen LogP contribution in [0.2, 0.25) is 0 Å². The predicted molar refractivity (Wildman–Crippen MR) is 68.1 cm³/mol. The van der Waals surface area contributed by atoms with E-state index in [1.165, 1.54) is 0 Å². The van der Waals surface area contributed by atoms with Crippen molar-refractivity contribution in [2.45, 2.75) is 45.2 Å². The molecule has 0 aliphatic heterocycles. The summed E-state index contributed by atoms with van der Waals surface area (Å²) in [6.45, 7) is 5.84. The smallest absolute Gasteiger partial charge is 0.197 e. The highest BCUT2D eigenvalue weighted by Gasteiger charge is 2.34. The molecule has 1 aromatic carbocycles. The maximum atomic E-state index is 13.2. The van der Waals surface area contributed by atoms with E-state index in [1.807, 2.05) is 32.9 Å². The summed E-state index contributed by atoms with van der Waals surface area (Å²) in [6.07, 6.45) is 2.10. The highest BCUT2D eigenvalue weighted by Crippen LogP contribution is 2.47. The molecule has 1 aromatic rings. The van der Waals surface area contributed by atoms with E-state index >= 15 is 0 Å². The summed E-state index contributed by atoms with van der Waals surface area (Å²) in [5, 5.41) is 0. The lowest BCUT2D eigenvalue weighted by Crippen LogP contribution is -2.06. The largest absolute Gasteiger partial charge is 0.284 e. The maximum Gasteiger partial charge on any atom is 0.284 e. The molecule has 0 saturated heterocycles. The molecule has 0 heterocycles. The van der Waals surface area contributed by atoms with E-state index in [1.54, 1.807) is 15.3 Å². The normalized spacial score (nSPS) is 15.4. The van der Waals surface area contributed by atoms with Gasteiger partial charge in [0.05, 0.1) is 0 Å². The van der Waals surface area contributed by atoms with E-state index in [4.69, 9.17) is 0 Å². The van der Waals surface area contributed by atoms with Crippen molar-refractivity contribution in [1.29, 1.82) is 0 Å². The molecule has 90 valence electrons. The quantitative estimate of drug-likeness (QED) is 0.654. The molecule has 0 spiro atoms. The molecule has 0 radical (unpaired) electrons. The monoisotopic (exact) mass is 244 g/mol. The molecule has 0 N–H and O–H groups in total. The molecule has 1 atom stereocenters. The van der Waals surface area contributed by atoms with E-state index in [9.17, 15) is 8.78 Å². The SMILES string of the molecule is CC.Cc1ccc(C2CC2)c(C(F)(F)P)c1. The van der Waals surface area contributed by atoms with Crippen molar-refractivity contribution in [3.8, 4) is 0 Å². The Bertz CT molecular complexity index is 351. The van der Waals surface area contributed by atoms with Gasteiger partial charge < -0.3 is 0 Å². The molecule has 0 bridgehead atoms. The Morgan fingerprint density at radius 1 is 1.25 bits per heavy atom. The van der Waals surface area contributed by atoms with Crippen LogP contribution in [0.25, 0.3) is 0 Å². The molecule has 1 saturated carbocycles. The summed E-state index contributed by atoms with van der Waals surface area (Å²) < 4.78 is 26.5. The third-order valence-corrected chi connectivity index (χ3v) is 2.90. The third kappa shape index (κ3) is 3.25. The van der Waals surface area contributed by atoms with E-state index in [2.05, 4.69) is 0 Å². The van der Waals surface area contributed by atoms with Crippen molar-refractivity contribution in [2.24, 2.45) is 0 Å². The molecular weight excluding hydrogens is 225 g/mol. The molecule has 1 unspecified atom stereocenters. The van der Waals surface area contributed by atoms with Crippen LogP contribution in [0.4, 0.5) is 8.78 Å². The lowest BCUT2D eigenvalue weighted by molar-refractivity contribution is 0.103. The number of halogens is 2. The highest BCUT2D eigenvalue weighted by molar-refractivity contribution is 7.17. The van der Waals surface area contributed by atoms with Gasteiger partial charge in [-0.05, 0) is 37.3 Å². The Morgan fingerprint density at radius 3 is 2.25 bits per heavy atom. The number of hydrogen-bond acceptors (Lipinski definition) is 0. The maximum absolute atomic E-state index is 13.2. The van der Waals surface area contributed by atoms with Crippen LogP contribution in [0.15, 0.2) is 18.2 Å². The van der Waals surface area contributed by atoms with Gasteiger partial charge in [0, 0.05) is 5.56 Å². The molecule has 2 rings (SSSR count). The van der Waals surface area contributed by atoms with Gasteiger partial charge in [-0.1, -0.05) is 40.8 Å². The van der Waals surface area contributed by atoms with Crippen LogP contribution >= 0.6 is 9.24 Å². The second kappa shape index (κ2) is 5.23. The number of benzene rings is 1. The van der Waals surface area contributed by atoms with Crippen LogP contribution in [0.5, 0.6) is 0 Å². The van der Waals surface area contributed by atoms with E-state index in [0.717, 1.165) is 24.0 Å². The van der Waals surface area contributed by atoms with Gasteiger partial charge in [0.25, 0.3) is 5.66 Å². The van der Waals surface area contributed by atoms with Gasteiger partial charge in [-0.3, -0.25) is 0 Å². The molecule has 16 heavy (non-hydrogen) atoms. The van der Waals surface area contributed by atoms with Crippen LogP contribution in [0, 0.1) is 6.92 Å². The zero-order valence-corrected chi connectivity index (χ0v) is 11.2. The molecule has 0 amide bonds. The van der Waals surface area contributed by atoms with Gasteiger partial charge >= 0.3 is 0 Å².